The maximum Gasteiger partial charge on any atom is 0.264 e. The summed E-state index contributed by atoms with van der Waals surface area (Å²) < 4.78 is 13.1. The lowest BCUT2D eigenvalue weighted by Gasteiger charge is -2.37. The van der Waals surface area contributed by atoms with Crippen LogP contribution in [-0.2, 0) is 26.5 Å². The Morgan fingerprint density at radius 1 is 0.754 bits per heavy atom. The van der Waals surface area contributed by atoms with Gasteiger partial charge < -0.3 is 24.4 Å². The zero-order valence-electron chi connectivity index (χ0n) is 39.0. The molecule has 69 heavy (non-hydrogen) atoms. The van der Waals surface area contributed by atoms with Gasteiger partial charge in [0.2, 0.25) is 5.91 Å². The molecule has 11 nitrogen and oxygen atoms in total. The van der Waals surface area contributed by atoms with E-state index in [9.17, 15) is 19.5 Å². The Labute approximate surface area is 401 Å². The number of aliphatic hydroxyl groups is 1. The molecule has 346 valence electrons. The summed E-state index contributed by atoms with van der Waals surface area (Å²) in [6.07, 6.45) is 0.933. The third-order valence-electron chi connectivity index (χ3n) is 16.0. The third-order valence-corrected chi connectivity index (χ3v) is 20.3. The lowest BCUT2D eigenvalue weighted by molar-refractivity contribution is -0.150. The van der Waals surface area contributed by atoms with Gasteiger partial charge in [-0.15, -0.1) is 0 Å². The zero-order valence-corrected chi connectivity index (χ0v) is 40.0. The molecule has 1 N–H and O–H groups in total. The highest BCUT2D eigenvalue weighted by Crippen LogP contribution is 2.61. The number of hydrogen-bond donors (Lipinski definition) is 1. The van der Waals surface area contributed by atoms with Crippen LogP contribution in [0.25, 0.3) is 21.5 Å². The first-order valence-corrected chi connectivity index (χ1v) is 27.0. The number of fused-ring (bicyclic) bond motifs is 2. The van der Waals surface area contributed by atoms with E-state index in [-0.39, 0.29) is 54.8 Å². The maximum atomic E-state index is 16.1. The van der Waals surface area contributed by atoms with Crippen molar-refractivity contribution in [1.29, 1.82) is 0 Å². The van der Waals surface area contributed by atoms with Crippen LogP contribution < -0.4 is 24.6 Å². The summed E-state index contributed by atoms with van der Waals surface area (Å²) in [7, 11) is -1.01. The number of carbonyl (C=O) groups is 4. The van der Waals surface area contributed by atoms with E-state index < -0.39 is 25.7 Å². The molecule has 7 aromatic carbocycles. The van der Waals surface area contributed by atoms with Crippen LogP contribution in [0, 0.1) is 5.92 Å². The number of nitrogens with zero attached hydrogens (tertiary/aromatic N) is 4. The lowest BCUT2D eigenvalue weighted by Crippen LogP contribution is -2.52. The number of ether oxygens (including phenoxy) is 2. The van der Waals surface area contributed by atoms with Crippen molar-refractivity contribution in [3.63, 3.8) is 0 Å². The number of aliphatic hydroxyl groups excluding tert-OH is 1. The average molecular weight is 933 g/mol. The van der Waals surface area contributed by atoms with Crippen LogP contribution in [-0.4, -0.2) is 74.1 Å². The van der Waals surface area contributed by atoms with Gasteiger partial charge in [-0.2, -0.15) is 0 Å². The Morgan fingerprint density at radius 3 is 1.99 bits per heavy atom. The zero-order chi connectivity index (χ0) is 47.5. The lowest BCUT2D eigenvalue weighted by atomic mass is 9.82. The molecule has 0 unspecified atom stereocenters. The number of carbonyl (C=O) groups excluding carboxylic acids is 4. The highest BCUT2D eigenvalue weighted by Gasteiger charge is 2.67. The largest absolute Gasteiger partial charge is 0.497 e. The summed E-state index contributed by atoms with van der Waals surface area (Å²) in [6, 6.07) is 44.9. The molecule has 12 heteroatoms. The van der Waals surface area contributed by atoms with Gasteiger partial charge in [0, 0.05) is 40.2 Å². The molecule has 5 aliphatic rings. The normalized spacial score (nSPS) is 22.6. The smallest absolute Gasteiger partial charge is 0.264 e. The Morgan fingerprint density at radius 2 is 1.36 bits per heavy atom. The first kappa shape index (κ1) is 43.2. The molecular weight excluding hydrogens is 881 g/mol. The summed E-state index contributed by atoms with van der Waals surface area (Å²) in [5.41, 5.74) is 4.51. The van der Waals surface area contributed by atoms with Crippen molar-refractivity contribution >= 4 is 86.9 Å². The molecule has 5 atom stereocenters. The fourth-order valence-corrected chi connectivity index (χ4v) is 16.8. The van der Waals surface area contributed by atoms with E-state index in [0.717, 1.165) is 62.3 Å². The fraction of sp³-hybridized carbons (Fsp3) is 0.263. The molecule has 2 fully saturated rings. The molecule has 0 saturated carbocycles. The van der Waals surface area contributed by atoms with E-state index in [0.29, 0.717) is 40.3 Å². The number of hydrogen-bond acceptors (Lipinski definition) is 7. The van der Waals surface area contributed by atoms with Gasteiger partial charge in [0.1, 0.15) is 5.75 Å². The van der Waals surface area contributed by atoms with E-state index in [4.69, 9.17) is 9.47 Å². The topological polar surface area (TPSA) is 120 Å². The fourth-order valence-electron chi connectivity index (χ4n) is 12.8. The Balaban J connectivity index is 0.988. The maximum absolute atomic E-state index is 16.1. The predicted octanol–water partition coefficient (Wildman–Crippen LogP) is 9.72. The van der Waals surface area contributed by atoms with Crippen molar-refractivity contribution in [2.24, 2.45) is 5.92 Å². The van der Waals surface area contributed by atoms with Crippen molar-refractivity contribution in [2.45, 2.75) is 69.1 Å². The number of amides is 4. The van der Waals surface area contributed by atoms with Gasteiger partial charge in [-0.3, -0.25) is 29.0 Å². The molecule has 5 heterocycles. The Bertz CT molecular complexity index is 3310. The number of likely N-dealkylation sites (tertiary alicyclic amines) is 1. The van der Waals surface area contributed by atoms with Gasteiger partial charge in [-0.05, 0) is 101 Å². The second-order valence-electron chi connectivity index (χ2n) is 19.8. The highest BCUT2D eigenvalue weighted by molar-refractivity contribution is 6.91. The molecule has 7 aromatic rings. The number of anilines is 5. The molecule has 2 saturated heterocycles. The van der Waals surface area contributed by atoms with Crippen LogP contribution in [0.1, 0.15) is 58.0 Å². The third kappa shape index (κ3) is 6.31. The first-order valence-electron chi connectivity index (χ1n) is 23.9. The summed E-state index contributed by atoms with van der Waals surface area (Å²) in [5, 5.41) is 15.2. The van der Waals surface area contributed by atoms with Crippen LogP contribution in [0.4, 0.5) is 28.4 Å². The van der Waals surface area contributed by atoms with Crippen molar-refractivity contribution < 1.29 is 33.8 Å². The van der Waals surface area contributed by atoms with Gasteiger partial charge in [-0.25, -0.2) is 0 Å². The van der Waals surface area contributed by atoms with Crippen molar-refractivity contribution in [1.82, 2.24) is 4.90 Å². The number of rotatable bonds is 10. The minimum Gasteiger partial charge on any atom is -0.497 e. The van der Waals surface area contributed by atoms with Gasteiger partial charge in [-0.1, -0.05) is 98.0 Å². The van der Waals surface area contributed by atoms with E-state index in [1.807, 2.05) is 127 Å². The van der Waals surface area contributed by atoms with Gasteiger partial charge >= 0.3 is 0 Å². The molecule has 4 amide bonds. The summed E-state index contributed by atoms with van der Waals surface area (Å²) in [6.45, 7) is 7.31. The monoisotopic (exact) mass is 932 g/mol. The van der Waals surface area contributed by atoms with Crippen LogP contribution in [0.3, 0.4) is 0 Å². The molecule has 0 bridgehead atoms. The second kappa shape index (κ2) is 16.0. The molecule has 0 aliphatic carbocycles. The van der Waals surface area contributed by atoms with E-state index in [1.165, 1.54) is 0 Å². The molecule has 0 radical (unpaired) electrons. The standard InChI is InChI=1S/C57H52N4O7Si/c1-34-53(69(3,4)42-25-23-41(67-2)24-26-42)49(31-50(63)58-28-10-17-40(58)33-62)68-57(34)45-30-39(61-48-21-9-15-37-13-7-19-44(52(37)48)55(61)65)22-27-46(45)59(56(57)66)32-35-11-5-16-38(29-35)60-47-20-8-14-36-12-6-18-43(51(36)47)54(60)64/h5-9,11-16,18-27,29-30,34,40,49,53,62H,10,17,28,31-33H2,1-4H3/t34-,40+,49+,53-,57+/m1/s1. The number of methoxy groups -OCH3 is 1. The Kier molecular flexibility index (Phi) is 10.00. The Hall–Kier alpha value is -7.12. The van der Waals surface area contributed by atoms with Crippen LogP contribution in [0.5, 0.6) is 5.75 Å². The van der Waals surface area contributed by atoms with Crippen molar-refractivity contribution in [2.75, 3.05) is 35.0 Å². The van der Waals surface area contributed by atoms with Crippen LogP contribution >= 0.6 is 0 Å². The van der Waals surface area contributed by atoms with Gasteiger partial charge in [0.15, 0.2) is 5.60 Å². The average Bonchev–Trinajstić information content (AvgIpc) is 4.16. The first-order chi connectivity index (χ1) is 33.4. The van der Waals surface area contributed by atoms with Gasteiger partial charge in [0.05, 0.1) is 75.1 Å². The highest BCUT2D eigenvalue weighted by atomic mass is 28.3. The van der Waals surface area contributed by atoms with E-state index in [2.05, 4.69) is 32.2 Å². The minimum atomic E-state index is -2.66. The summed E-state index contributed by atoms with van der Waals surface area (Å²) in [4.78, 5) is 66.3. The minimum absolute atomic E-state index is 0.0467. The van der Waals surface area contributed by atoms with Crippen molar-refractivity contribution in [3.05, 3.63) is 162 Å². The SMILES string of the molecule is COc1ccc([Si](C)(C)[C@H]2[C@H](CC(=O)N3CCC[C@H]3CO)O[C@@]3(C(=O)N(Cc4cccc(N5C(=O)c6cccc7cccc5c67)c4)c4ccc(N5C(=O)c6cccc7cccc5c67)cc43)[C@@H]2C)cc1. The summed E-state index contributed by atoms with van der Waals surface area (Å²) in [5.74, 6) is -0.286. The number of benzene rings is 7. The van der Waals surface area contributed by atoms with Crippen LogP contribution in [0.15, 0.2) is 140 Å². The van der Waals surface area contributed by atoms with Crippen molar-refractivity contribution in [3.8, 4) is 5.75 Å². The van der Waals surface area contributed by atoms with Crippen LogP contribution in [0.2, 0.25) is 18.6 Å². The van der Waals surface area contributed by atoms with E-state index in [1.54, 1.807) is 26.7 Å². The van der Waals surface area contributed by atoms with E-state index >= 15 is 4.79 Å². The molecular formula is C57H52N4O7Si. The second-order valence-corrected chi connectivity index (χ2v) is 24.5. The molecule has 5 aliphatic heterocycles. The summed E-state index contributed by atoms with van der Waals surface area (Å²) >= 11 is 0. The van der Waals surface area contributed by atoms with Gasteiger partial charge in [0.25, 0.3) is 17.7 Å². The predicted molar refractivity (Wildman–Crippen MR) is 271 cm³/mol. The molecule has 12 rings (SSSR count). The molecule has 0 aromatic heterocycles. The quantitative estimate of drug-likeness (QED) is 0.136. The molecule has 1 spiro atoms.